The first-order chi connectivity index (χ1) is 23.9. The quantitative estimate of drug-likeness (QED) is 0.103. The summed E-state index contributed by atoms with van der Waals surface area (Å²) in [5.74, 6) is 2.89. The van der Waals surface area contributed by atoms with Crippen LogP contribution in [0.2, 0.25) is 0 Å². The van der Waals surface area contributed by atoms with E-state index in [4.69, 9.17) is 4.74 Å². The molecule has 2 saturated carbocycles. The predicted octanol–water partition coefficient (Wildman–Crippen LogP) is 6.81. The molecule has 3 fully saturated rings. The lowest BCUT2D eigenvalue weighted by molar-refractivity contribution is -0.118. The molecule has 50 heavy (non-hydrogen) atoms. The highest BCUT2D eigenvalue weighted by molar-refractivity contribution is 5.92. The SMILES string of the molecule is C=C(C(=O)NCCNCC(C)CC1N[C@@H](C)C2(CCC3C(=C(C)C2)CC2C3CCC3=CCCCC32C)O1)N(C)C.CN(C=O)c1ccccc1. The lowest BCUT2D eigenvalue weighted by atomic mass is 9.56. The standard InChI is InChI=1S/C34H56N4O2.C8H9NO/c1-22(21-35-16-17-36-32(39)24(3)38(6)7)18-31-37-25(4)34(40-31)15-13-27-28-12-11-26-10-8-9-14-33(26,5)30(28)19-29(27)23(2)20-34;1-9(7-10)8-5-3-2-4-6-8/h10,22,25,27-28,30-31,35,37H,3,8-9,11-21H2,1-2,4-7H3,(H,36,39);2-7H,1H3/t22?,25-,27?,28?,30?,31?,33?,34?;/m0./s1. The number of hydrogen-bond donors (Lipinski definition) is 3. The lowest BCUT2D eigenvalue weighted by Crippen LogP contribution is -2.42. The summed E-state index contributed by atoms with van der Waals surface area (Å²) in [5, 5.41) is 10.3. The maximum Gasteiger partial charge on any atom is 0.266 e. The second-order valence-electron chi connectivity index (χ2n) is 16.4. The van der Waals surface area contributed by atoms with Crippen LogP contribution in [0, 0.1) is 29.1 Å². The number of anilines is 1. The van der Waals surface area contributed by atoms with E-state index >= 15 is 0 Å². The molecule has 4 aliphatic carbocycles. The molecular formula is C42H65N5O3. The van der Waals surface area contributed by atoms with Crippen molar-refractivity contribution in [2.24, 2.45) is 29.1 Å². The van der Waals surface area contributed by atoms with Gasteiger partial charge in [0.15, 0.2) is 0 Å². The van der Waals surface area contributed by atoms with Crippen LogP contribution in [-0.4, -0.2) is 75.9 Å². The summed E-state index contributed by atoms with van der Waals surface area (Å²) in [7, 11) is 5.39. The van der Waals surface area contributed by atoms with Crippen LogP contribution in [0.25, 0.3) is 0 Å². The van der Waals surface area contributed by atoms with Gasteiger partial charge in [-0.05, 0) is 126 Å². The molecule has 1 aliphatic heterocycles. The summed E-state index contributed by atoms with van der Waals surface area (Å²) in [6.45, 7) is 15.8. The fraction of sp³-hybridized carbons (Fsp3) is 0.667. The molecule has 1 saturated heterocycles. The summed E-state index contributed by atoms with van der Waals surface area (Å²) in [4.78, 5) is 25.5. The van der Waals surface area contributed by atoms with Crippen LogP contribution in [0.1, 0.15) is 91.9 Å². The molecule has 6 rings (SSSR count). The molecule has 8 nitrogen and oxygen atoms in total. The van der Waals surface area contributed by atoms with Crippen molar-refractivity contribution in [3.63, 3.8) is 0 Å². The van der Waals surface area contributed by atoms with E-state index in [2.05, 4.69) is 56.3 Å². The average molecular weight is 688 g/mol. The fourth-order valence-corrected chi connectivity index (χ4v) is 9.91. The molecule has 1 aromatic carbocycles. The molecule has 5 aliphatic rings. The molecule has 7 unspecified atom stereocenters. The third-order valence-electron chi connectivity index (χ3n) is 12.9. The van der Waals surface area contributed by atoms with Gasteiger partial charge in [0, 0.05) is 46.0 Å². The van der Waals surface area contributed by atoms with Gasteiger partial charge in [-0.25, -0.2) is 0 Å². The number of carbonyl (C=O) groups is 2. The molecule has 0 bridgehead atoms. The third kappa shape index (κ3) is 8.40. The van der Waals surface area contributed by atoms with Gasteiger partial charge in [-0.3, -0.25) is 14.9 Å². The van der Waals surface area contributed by atoms with E-state index in [1.165, 1.54) is 56.3 Å². The largest absolute Gasteiger partial charge is 0.374 e. The van der Waals surface area contributed by atoms with Crippen LogP contribution in [0.4, 0.5) is 5.69 Å². The number of likely N-dealkylation sites (N-methyl/N-ethyl adjacent to an activating group) is 1. The van der Waals surface area contributed by atoms with Crippen molar-refractivity contribution in [3.8, 4) is 0 Å². The van der Waals surface area contributed by atoms with E-state index in [-0.39, 0.29) is 17.7 Å². The minimum absolute atomic E-state index is 0.0671. The van der Waals surface area contributed by atoms with E-state index in [9.17, 15) is 9.59 Å². The normalized spacial score (nSPS) is 32.0. The Bertz CT molecular complexity index is 1410. The van der Waals surface area contributed by atoms with Gasteiger partial charge in [0.05, 0.1) is 11.3 Å². The van der Waals surface area contributed by atoms with Gasteiger partial charge in [0.2, 0.25) is 6.41 Å². The maximum absolute atomic E-state index is 12.0. The number of benzene rings is 1. The second-order valence-corrected chi connectivity index (χ2v) is 16.4. The van der Waals surface area contributed by atoms with E-state index in [1.807, 2.05) is 50.0 Å². The van der Waals surface area contributed by atoms with Crippen LogP contribution in [-0.2, 0) is 14.3 Å². The summed E-state index contributed by atoms with van der Waals surface area (Å²) < 4.78 is 6.98. The minimum atomic E-state index is -0.107. The predicted molar refractivity (Wildman–Crippen MR) is 205 cm³/mol. The van der Waals surface area contributed by atoms with E-state index in [0.29, 0.717) is 29.6 Å². The maximum atomic E-state index is 12.0. The van der Waals surface area contributed by atoms with Crippen molar-refractivity contribution in [2.45, 2.75) is 110 Å². The zero-order chi connectivity index (χ0) is 36.1. The molecular weight excluding hydrogens is 622 g/mol. The second kappa shape index (κ2) is 16.6. The first-order valence-corrected chi connectivity index (χ1v) is 19.3. The van der Waals surface area contributed by atoms with Crippen molar-refractivity contribution >= 4 is 18.0 Å². The highest BCUT2D eigenvalue weighted by Gasteiger charge is 2.55. The number of rotatable bonds is 11. The Kier molecular flexibility index (Phi) is 12.7. The average Bonchev–Trinajstić information content (AvgIpc) is 3.59. The molecule has 1 heterocycles. The zero-order valence-corrected chi connectivity index (χ0v) is 32.0. The van der Waals surface area contributed by atoms with Gasteiger partial charge < -0.3 is 25.2 Å². The summed E-state index contributed by atoms with van der Waals surface area (Å²) in [5.41, 5.74) is 7.05. The zero-order valence-electron chi connectivity index (χ0n) is 32.0. The number of allylic oxidation sites excluding steroid dienone is 3. The van der Waals surface area contributed by atoms with Crippen LogP contribution in [0.15, 0.2) is 65.4 Å². The number of ether oxygens (including phenoxy) is 1. The van der Waals surface area contributed by atoms with Gasteiger partial charge >= 0.3 is 0 Å². The van der Waals surface area contributed by atoms with Gasteiger partial charge in [-0.1, -0.05) is 61.4 Å². The number of nitrogens with one attached hydrogen (secondary N) is 3. The molecule has 276 valence electrons. The van der Waals surface area contributed by atoms with Crippen molar-refractivity contribution in [1.82, 2.24) is 20.9 Å². The Morgan fingerprint density at radius 3 is 2.64 bits per heavy atom. The molecule has 0 radical (unpaired) electrons. The van der Waals surface area contributed by atoms with E-state index < -0.39 is 0 Å². The molecule has 2 amide bonds. The van der Waals surface area contributed by atoms with Crippen molar-refractivity contribution in [3.05, 3.63) is 65.4 Å². The van der Waals surface area contributed by atoms with Crippen molar-refractivity contribution < 1.29 is 14.3 Å². The summed E-state index contributed by atoms with van der Waals surface area (Å²) in [6, 6.07) is 9.86. The molecule has 3 N–H and O–H groups in total. The number of nitrogens with zero attached hydrogens (tertiary/aromatic N) is 2. The summed E-state index contributed by atoms with van der Waals surface area (Å²) in [6.07, 6.45) is 16.2. The Hall–Kier alpha value is -2.94. The van der Waals surface area contributed by atoms with Crippen molar-refractivity contribution in [2.75, 3.05) is 45.7 Å². The number of para-hydroxylation sites is 1. The Labute approximate surface area is 302 Å². The Morgan fingerprint density at radius 1 is 1.16 bits per heavy atom. The molecule has 8 heteroatoms. The highest BCUT2D eigenvalue weighted by Crippen LogP contribution is 2.63. The smallest absolute Gasteiger partial charge is 0.266 e. The van der Waals surface area contributed by atoms with Gasteiger partial charge in [0.1, 0.15) is 6.23 Å². The molecule has 0 aromatic heterocycles. The molecule has 1 spiro atoms. The van der Waals surface area contributed by atoms with E-state index in [1.54, 1.807) is 23.1 Å². The van der Waals surface area contributed by atoms with E-state index in [0.717, 1.165) is 55.8 Å². The molecule has 8 atom stereocenters. The van der Waals surface area contributed by atoms with Crippen LogP contribution in [0.3, 0.4) is 0 Å². The Balaban J connectivity index is 0.000000418. The lowest BCUT2D eigenvalue weighted by Gasteiger charge is -2.48. The van der Waals surface area contributed by atoms with Crippen LogP contribution in [0.5, 0.6) is 0 Å². The van der Waals surface area contributed by atoms with Crippen molar-refractivity contribution in [1.29, 1.82) is 0 Å². The number of hydrogen-bond acceptors (Lipinski definition) is 6. The van der Waals surface area contributed by atoms with Gasteiger partial charge in [-0.15, -0.1) is 0 Å². The molecule has 1 aromatic rings. The number of amides is 2. The first-order valence-electron chi connectivity index (χ1n) is 19.3. The Morgan fingerprint density at radius 2 is 1.92 bits per heavy atom. The van der Waals surface area contributed by atoms with Crippen LogP contribution < -0.4 is 20.9 Å². The summed E-state index contributed by atoms with van der Waals surface area (Å²) >= 11 is 0. The third-order valence-corrected chi connectivity index (χ3v) is 12.9. The highest BCUT2D eigenvalue weighted by atomic mass is 16.5. The minimum Gasteiger partial charge on any atom is -0.374 e. The van der Waals surface area contributed by atoms with Crippen LogP contribution >= 0.6 is 0 Å². The first kappa shape index (κ1) is 38.3. The monoisotopic (exact) mass is 688 g/mol. The number of fused-ring (bicyclic) bond motifs is 5. The fourth-order valence-electron chi connectivity index (χ4n) is 9.91. The number of carbonyl (C=O) groups excluding carboxylic acids is 2. The topological polar surface area (TPSA) is 85.9 Å². The van der Waals surface area contributed by atoms with Gasteiger partial charge in [0.25, 0.3) is 5.91 Å². The van der Waals surface area contributed by atoms with Gasteiger partial charge in [-0.2, -0.15) is 0 Å².